The highest BCUT2D eigenvalue weighted by Crippen LogP contribution is 2.70. The van der Waals surface area contributed by atoms with Crippen molar-refractivity contribution in [1.29, 1.82) is 0 Å². The second-order valence-corrected chi connectivity index (χ2v) is 12.9. The molecule has 1 heterocycles. The lowest BCUT2D eigenvalue weighted by Gasteiger charge is -2.55. The van der Waals surface area contributed by atoms with Gasteiger partial charge in [0.15, 0.2) is 0 Å². The fraction of sp³-hybridized carbons (Fsp3) is 0.125. The number of carboxylic acid groups (broad SMARTS) is 1. The Morgan fingerprint density at radius 2 is 1.17 bits per heavy atom. The Balaban J connectivity index is 1.24. The number of amides is 3. The minimum absolute atomic E-state index is 0.0538. The number of halogens is 2. The average molecular weight is 672 g/mol. The molecule has 4 aromatic rings. The van der Waals surface area contributed by atoms with E-state index in [2.05, 4.69) is 37.2 Å². The van der Waals surface area contributed by atoms with E-state index in [0.29, 0.717) is 16.9 Å². The zero-order valence-electron chi connectivity index (χ0n) is 21.2. The van der Waals surface area contributed by atoms with Crippen molar-refractivity contribution in [2.45, 2.75) is 8.65 Å². The van der Waals surface area contributed by atoms with Crippen molar-refractivity contribution in [3.63, 3.8) is 0 Å². The van der Waals surface area contributed by atoms with E-state index in [1.165, 1.54) is 17.0 Å². The van der Waals surface area contributed by atoms with E-state index in [0.717, 1.165) is 22.3 Å². The van der Waals surface area contributed by atoms with Crippen molar-refractivity contribution in [2.24, 2.45) is 11.8 Å². The number of aromatic carboxylic acids is 1. The van der Waals surface area contributed by atoms with Gasteiger partial charge in [-0.25, -0.2) is 9.69 Å². The van der Waals surface area contributed by atoms with E-state index >= 15 is 0 Å². The SMILES string of the molecule is O=C(O)c1cccc(NC(=O)c2ccc(N3C(=O)[C@H]4[C@H](C3=O)C3(Br)c5ccccc5C4(Br)c4ccccc43)cc2)c1. The van der Waals surface area contributed by atoms with Gasteiger partial charge in [0, 0.05) is 11.3 Å². The predicted octanol–water partition coefficient (Wildman–Crippen LogP) is 6.05. The van der Waals surface area contributed by atoms with Crippen LogP contribution in [-0.4, -0.2) is 28.8 Å². The van der Waals surface area contributed by atoms with Crippen LogP contribution in [0.3, 0.4) is 0 Å². The van der Waals surface area contributed by atoms with Crippen LogP contribution >= 0.6 is 31.9 Å². The molecule has 3 aliphatic carbocycles. The molecular weight excluding hydrogens is 652 g/mol. The molecule has 2 N–H and O–H groups in total. The maximum Gasteiger partial charge on any atom is 0.335 e. The Hall–Kier alpha value is -4.08. The summed E-state index contributed by atoms with van der Waals surface area (Å²) in [5, 5.41) is 11.9. The fourth-order valence-corrected chi connectivity index (χ4v) is 8.92. The molecule has 2 atom stereocenters. The molecule has 202 valence electrons. The van der Waals surface area contributed by atoms with E-state index in [1.807, 2.05) is 48.5 Å². The Kier molecular flexibility index (Phi) is 5.65. The van der Waals surface area contributed by atoms with E-state index < -0.39 is 32.4 Å². The number of benzene rings is 4. The molecule has 0 radical (unpaired) electrons. The van der Waals surface area contributed by atoms with Gasteiger partial charge < -0.3 is 10.4 Å². The summed E-state index contributed by atoms with van der Waals surface area (Å²) in [4.78, 5) is 53.7. The van der Waals surface area contributed by atoms with Gasteiger partial charge in [0.05, 0.1) is 31.7 Å². The summed E-state index contributed by atoms with van der Waals surface area (Å²) in [6.45, 7) is 0. The Morgan fingerprint density at radius 3 is 1.63 bits per heavy atom. The summed E-state index contributed by atoms with van der Waals surface area (Å²) in [6, 6.07) is 28.0. The molecule has 8 rings (SSSR count). The van der Waals surface area contributed by atoms with Gasteiger partial charge in [0.25, 0.3) is 5.91 Å². The molecule has 0 aromatic heterocycles. The van der Waals surface area contributed by atoms with Gasteiger partial charge in [0.2, 0.25) is 11.8 Å². The summed E-state index contributed by atoms with van der Waals surface area (Å²) in [5.41, 5.74) is 4.89. The van der Waals surface area contributed by atoms with Crippen molar-refractivity contribution in [1.82, 2.24) is 0 Å². The molecule has 4 aromatic carbocycles. The Bertz CT molecular complexity index is 1700. The lowest BCUT2D eigenvalue weighted by molar-refractivity contribution is -0.122. The zero-order chi connectivity index (χ0) is 28.7. The monoisotopic (exact) mass is 670 g/mol. The number of imide groups is 1. The first-order chi connectivity index (χ1) is 19.7. The van der Waals surface area contributed by atoms with Crippen molar-refractivity contribution in [3.8, 4) is 0 Å². The number of alkyl halides is 2. The molecule has 0 spiro atoms. The van der Waals surface area contributed by atoms with Crippen LogP contribution in [0, 0.1) is 11.8 Å². The molecule has 7 nitrogen and oxygen atoms in total. The number of nitrogens with zero attached hydrogens (tertiary/aromatic N) is 1. The highest BCUT2D eigenvalue weighted by atomic mass is 79.9. The average Bonchev–Trinajstić information content (AvgIpc) is 3.27. The third kappa shape index (κ3) is 3.42. The quantitative estimate of drug-likeness (QED) is 0.203. The van der Waals surface area contributed by atoms with Crippen LogP contribution in [0.25, 0.3) is 0 Å². The third-order valence-electron chi connectivity index (χ3n) is 8.34. The number of carbonyl (C=O) groups excluding carboxylic acids is 3. The molecule has 1 aliphatic heterocycles. The number of carboxylic acids is 1. The summed E-state index contributed by atoms with van der Waals surface area (Å²) in [6.07, 6.45) is 0. The van der Waals surface area contributed by atoms with Gasteiger partial charge in [-0.1, -0.05) is 86.5 Å². The summed E-state index contributed by atoms with van der Waals surface area (Å²) in [5.74, 6) is -3.55. The molecule has 2 bridgehead atoms. The number of rotatable bonds is 4. The highest BCUT2D eigenvalue weighted by molar-refractivity contribution is 9.10. The van der Waals surface area contributed by atoms with Crippen molar-refractivity contribution < 1.29 is 24.3 Å². The van der Waals surface area contributed by atoms with E-state index in [9.17, 15) is 24.3 Å². The van der Waals surface area contributed by atoms with Crippen LogP contribution in [0.1, 0.15) is 43.0 Å². The molecule has 41 heavy (non-hydrogen) atoms. The van der Waals surface area contributed by atoms with Gasteiger partial charge in [-0.15, -0.1) is 0 Å². The number of carbonyl (C=O) groups is 4. The fourth-order valence-electron chi connectivity index (χ4n) is 6.62. The van der Waals surface area contributed by atoms with Crippen LogP contribution < -0.4 is 10.2 Å². The first kappa shape index (κ1) is 25.9. The first-order valence-corrected chi connectivity index (χ1v) is 14.5. The maximum absolute atomic E-state index is 14.2. The Labute approximate surface area is 251 Å². The molecule has 1 saturated heterocycles. The van der Waals surface area contributed by atoms with Crippen LogP contribution in [-0.2, 0) is 18.2 Å². The molecule has 9 heteroatoms. The smallest absolute Gasteiger partial charge is 0.335 e. The highest BCUT2D eigenvalue weighted by Gasteiger charge is 2.72. The predicted molar refractivity (Wildman–Crippen MR) is 160 cm³/mol. The molecule has 4 aliphatic rings. The van der Waals surface area contributed by atoms with Gasteiger partial charge in [-0.3, -0.25) is 14.4 Å². The van der Waals surface area contributed by atoms with Crippen molar-refractivity contribution in [2.75, 3.05) is 10.2 Å². The third-order valence-corrected chi connectivity index (χ3v) is 11.0. The van der Waals surface area contributed by atoms with Gasteiger partial charge in [-0.05, 0) is 64.7 Å². The van der Waals surface area contributed by atoms with E-state index in [1.54, 1.807) is 36.4 Å². The van der Waals surface area contributed by atoms with Crippen LogP contribution in [0.4, 0.5) is 11.4 Å². The normalized spacial score (nSPS) is 25.4. The minimum Gasteiger partial charge on any atom is -0.478 e. The Morgan fingerprint density at radius 1 is 0.683 bits per heavy atom. The molecule has 3 amide bonds. The molecule has 0 unspecified atom stereocenters. The lowest BCUT2D eigenvalue weighted by atomic mass is 9.54. The van der Waals surface area contributed by atoms with Crippen LogP contribution in [0.2, 0.25) is 0 Å². The maximum atomic E-state index is 14.2. The van der Waals surface area contributed by atoms with Crippen molar-refractivity contribution >= 4 is 66.9 Å². The van der Waals surface area contributed by atoms with Gasteiger partial charge in [-0.2, -0.15) is 0 Å². The van der Waals surface area contributed by atoms with Gasteiger partial charge in [0.1, 0.15) is 0 Å². The second-order valence-electron chi connectivity index (χ2n) is 10.4. The second kappa shape index (κ2) is 8.96. The molecular formula is C32H20Br2N2O5. The topological polar surface area (TPSA) is 104 Å². The lowest BCUT2D eigenvalue weighted by Crippen LogP contribution is -2.56. The van der Waals surface area contributed by atoms with Crippen LogP contribution in [0.15, 0.2) is 97.1 Å². The molecule has 1 fully saturated rings. The number of anilines is 2. The number of nitrogens with one attached hydrogen (secondary N) is 1. The summed E-state index contributed by atoms with van der Waals surface area (Å²) >= 11 is 7.99. The first-order valence-electron chi connectivity index (χ1n) is 12.9. The summed E-state index contributed by atoms with van der Waals surface area (Å²) < 4.78 is -1.77. The van der Waals surface area contributed by atoms with Crippen LogP contribution in [0.5, 0.6) is 0 Å². The van der Waals surface area contributed by atoms with Gasteiger partial charge >= 0.3 is 5.97 Å². The molecule has 0 saturated carbocycles. The summed E-state index contributed by atoms with van der Waals surface area (Å²) in [7, 11) is 0. The number of hydrogen-bond donors (Lipinski definition) is 2. The number of hydrogen-bond acceptors (Lipinski definition) is 4. The standard InChI is InChI=1S/C32H20Br2N2O5/c33-31-21-8-1-2-9-22(21)32(34,24-11-4-3-10-23(24)31)26-25(31)28(38)36(29(26)39)20-14-12-17(13-15-20)27(37)35-19-7-5-6-18(16-19)30(40)41/h1-16,25-26H,(H,35,37)(H,40,41)/t25-,26-,31?,32?/m1/s1. The minimum atomic E-state index is -1.10. The van der Waals surface area contributed by atoms with Crippen molar-refractivity contribution in [3.05, 3.63) is 130 Å². The van der Waals surface area contributed by atoms with E-state index in [-0.39, 0.29) is 17.4 Å². The largest absolute Gasteiger partial charge is 0.478 e. The zero-order valence-corrected chi connectivity index (χ0v) is 24.3. The van der Waals surface area contributed by atoms with E-state index in [4.69, 9.17) is 0 Å².